The Bertz CT molecular complexity index is 324. The lowest BCUT2D eigenvalue weighted by Gasteiger charge is -2.31. The number of sulfone groups is 1. The van der Waals surface area contributed by atoms with Crippen molar-refractivity contribution in [3.8, 4) is 0 Å². The average molecular weight is 233 g/mol. The lowest BCUT2D eigenvalue weighted by Crippen LogP contribution is -2.40. The molecule has 1 aliphatic rings. The van der Waals surface area contributed by atoms with E-state index in [1.165, 1.54) is 6.26 Å². The summed E-state index contributed by atoms with van der Waals surface area (Å²) in [4.78, 5) is 13.3. The smallest absolute Gasteiger partial charge is 0.148 e. The summed E-state index contributed by atoms with van der Waals surface area (Å²) in [5, 5.41) is 0. The number of ketones is 1. The summed E-state index contributed by atoms with van der Waals surface area (Å²) in [6.07, 6.45) is 3.19. The van der Waals surface area contributed by atoms with E-state index in [9.17, 15) is 13.2 Å². The average Bonchev–Trinajstić information content (AvgIpc) is 2.14. The molecule has 1 heterocycles. The number of carbonyl (C=O) groups excluding carboxylic acids is 1. The molecule has 0 amide bonds. The van der Waals surface area contributed by atoms with E-state index in [-0.39, 0.29) is 17.5 Å². The quantitative estimate of drug-likeness (QED) is 0.702. The predicted octanol–water partition coefficient (Wildman–Crippen LogP) is 0.332. The van der Waals surface area contributed by atoms with Crippen molar-refractivity contribution in [3.63, 3.8) is 0 Å². The summed E-state index contributed by atoms with van der Waals surface area (Å²) in [5.74, 6) is 0.523. The highest BCUT2D eigenvalue weighted by Gasteiger charge is 2.23. The molecule has 15 heavy (non-hydrogen) atoms. The van der Waals surface area contributed by atoms with E-state index in [0.29, 0.717) is 6.54 Å². The molecule has 1 fully saturated rings. The summed E-state index contributed by atoms with van der Waals surface area (Å²) >= 11 is 0. The number of rotatable bonds is 4. The van der Waals surface area contributed by atoms with Crippen molar-refractivity contribution in [1.29, 1.82) is 0 Å². The van der Waals surface area contributed by atoms with Crippen molar-refractivity contribution in [3.05, 3.63) is 0 Å². The molecular formula is C10H19NO3S. The number of piperidine rings is 1. The van der Waals surface area contributed by atoms with Crippen LogP contribution in [0.4, 0.5) is 0 Å². The Hall–Kier alpha value is -0.420. The normalized spacial score (nSPS) is 24.0. The number of nitrogens with zero attached hydrogens (tertiary/aromatic N) is 1. The molecule has 4 nitrogen and oxygen atoms in total. The van der Waals surface area contributed by atoms with Gasteiger partial charge in [0, 0.05) is 25.3 Å². The first-order chi connectivity index (χ1) is 6.88. The van der Waals surface area contributed by atoms with Gasteiger partial charge >= 0.3 is 0 Å². The molecule has 1 unspecified atom stereocenters. The van der Waals surface area contributed by atoms with Crippen LogP contribution in [0, 0.1) is 5.92 Å². The van der Waals surface area contributed by atoms with E-state index in [1.54, 1.807) is 6.92 Å². The van der Waals surface area contributed by atoms with Crippen molar-refractivity contribution >= 4 is 15.6 Å². The predicted molar refractivity (Wildman–Crippen MR) is 59.6 cm³/mol. The molecule has 0 radical (unpaired) electrons. The van der Waals surface area contributed by atoms with Gasteiger partial charge in [0.1, 0.15) is 15.6 Å². The van der Waals surface area contributed by atoms with E-state index in [2.05, 4.69) is 4.90 Å². The molecule has 0 saturated carbocycles. The molecule has 0 N–H and O–H groups in total. The van der Waals surface area contributed by atoms with Crippen molar-refractivity contribution in [2.45, 2.75) is 19.8 Å². The Morgan fingerprint density at radius 3 is 2.67 bits per heavy atom. The number of carbonyl (C=O) groups is 1. The van der Waals surface area contributed by atoms with Crippen molar-refractivity contribution in [1.82, 2.24) is 4.90 Å². The van der Waals surface area contributed by atoms with Crippen LogP contribution in [-0.4, -0.2) is 50.7 Å². The van der Waals surface area contributed by atoms with E-state index in [4.69, 9.17) is 0 Å². The Morgan fingerprint density at radius 2 is 2.13 bits per heavy atom. The third-order valence-electron chi connectivity index (χ3n) is 2.86. The molecule has 1 atom stereocenters. The maximum absolute atomic E-state index is 11.2. The summed E-state index contributed by atoms with van der Waals surface area (Å²) in [5.41, 5.74) is 0. The zero-order chi connectivity index (χ0) is 11.5. The maximum Gasteiger partial charge on any atom is 0.148 e. The molecule has 1 rings (SSSR count). The maximum atomic E-state index is 11.2. The fourth-order valence-electron chi connectivity index (χ4n) is 1.89. The van der Waals surface area contributed by atoms with Gasteiger partial charge in [-0.2, -0.15) is 0 Å². The van der Waals surface area contributed by atoms with Gasteiger partial charge in [0.15, 0.2) is 0 Å². The third kappa shape index (κ3) is 4.75. The summed E-state index contributed by atoms with van der Waals surface area (Å²) in [6, 6.07) is 0. The Morgan fingerprint density at radius 1 is 1.47 bits per heavy atom. The first-order valence-corrected chi connectivity index (χ1v) is 7.35. The lowest BCUT2D eigenvalue weighted by molar-refractivity contribution is -0.122. The Labute approximate surface area is 91.6 Å². The van der Waals surface area contributed by atoms with Crippen LogP contribution in [0.2, 0.25) is 0 Å². The highest BCUT2D eigenvalue weighted by atomic mass is 32.2. The van der Waals surface area contributed by atoms with Crippen LogP contribution in [0.5, 0.6) is 0 Å². The molecule has 0 aromatic carbocycles. The second-order valence-corrected chi connectivity index (χ2v) is 6.64. The van der Waals surface area contributed by atoms with Crippen LogP contribution in [-0.2, 0) is 14.6 Å². The highest BCUT2D eigenvalue weighted by Crippen LogP contribution is 2.16. The van der Waals surface area contributed by atoms with E-state index < -0.39 is 9.84 Å². The van der Waals surface area contributed by atoms with Crippen LogP contribution >= 0.6 is 0 Å². The fraction of sp³-hybridized carbons (Fsp3) is 0.900. The molecule has 0 bridgehead atoms. The summed E-state index contributed by atoms with van der Waals surface area (Å²) in [7, 11) is -2.89. The first kappa shape index (κ1) is 12.6. The van der Waals surface area contributed by atoms with Gasteiger partial charge in [-0.05, 0) is 26.3 Å². The summed E-state index contributed by atoms with van der Waals surface area (Å²) in [6.45, 7) is 3.82. The van der Waals surface area contributed by atoms with Gasteiger partial charge < -0.3 is 4.90 Å². The second-order valence-electron chi connectivity index (χ2n) is 4.38. The van der Waals surface area contributed by atoms with E-state index in [0.717, 1.165) is 25.9 Å². The molecule has 1 aliphatic heterocycles. The van der Waals surface area contributed by atoms with Crippen molar-refractivity contribution < 1.29 is 13.2 Å². The monoisotopic (exact) mass is 233 g/mol. The van der Waals surface area contributed by atoms with Gasteiger partial charge in [0.2, 0.25) is 0 Å². The number of hydrogen-bond donors (Lipinski definition) is 0. The Kier molecular flexibility index (Phi) is 4.28. The molecule has 0 spiro atoms. The van der Waals surface area contributed by atoms with Crippen LogP contribution in [0.15, 0.2) is 0 Å². The zero-order valence-corrected chi connectivity index (χ0v) is 10.2. The molecule has 88 valence electrons. The molecule has 5 heteroatoms. The van der Waals surface area contributed by atoms with Crippen LogP contribution in [0.1, 0.15) is 19.8 Å². The number of likely N-dealkylation sites (tertiary alicyclic amines) is 1. The molecular weight excluding hydrogens is 214 g/mol. The number of Topliss-reactive ketones (excluding diaryl/α,β-unsaturated/α-hetero) is 1. The van der Waals surface area contributed by atoms with Crippen LogP contribution in [0.25, 0.3) is 0 Å². The van der Waals surface area contributed by atoms with E-state index in [1.807, 2.05) is 0 Å². The molecule has 0 aromatic rings. The standard InChI is InChI=1S/C10H19NO3S/c1-9(12)10-4-3-5-11(8-10)6-7-15(2,13)14/h10H,3-8H2,1-2H3. The largest absolute Gasteiger partial charge is 0.302 e. The minimum Gasteiger partial charge on any atom is -0.302 e. The SMILES string of the molecule is CC(=O)C1CCCN(CCS(C)(=O)=O)C1. The topological polar surface area (TPSA) is 54.5 Å². The minimum atomic E-state index is -2.89. The molecule has 0 aliphatic carbocycles. The first-order valence-electron chi connectivity index (χ1n) is 5.29. The van der Waals surface area contributed by atoms with Crippen molar-refractivity contribution in [2.75, 3.05) is 31.6 Å². The number of hydrogen-bond acceptors (Lipinski definition) is 4. The minimum absolute atomic E-state index is 0.110. The van der Waals surface area contributed by atoms with Gasteiger partial charge in [-0.1, -0.05) is 0 Å². The van der Waals surface area contributed by atoms with Crippen LogP contribution < -0.4 is 0 Å². The van der Waals surface area contributed by atoms with Gasteiger partial charge in [-0.3, -0.25) is 4.79 Å². The second kappa shape index (κ2) is 5.07. The van der Waals surface area contributed by atoms with Crippen LogP contribution in [0.3, 0.4) is 0 Å². The van der Waals surface area contributed by atoms with Gasteiger partial charge in [0.05, 0.1) is 5.75 Å². The van der Waals surface area contributed by atoms with Gasteiger partial charge in [-0.15, -0.1) is 0 Å². The summed E-state index contributed by atoms with van der Waals surface area (Å²) < 4.78 is 22.0. The lowest BCUT2D eigenvalue weighted by atomic mass is 9.95. The van der Waals surface area contributed by atoms with Crippen molar-refractivity contribution in [2.24, 2.45) is 5.92 Å². The zero-order valence-electron chi connectivity index (χ0n) is 9.40. The molecule has 0 aromatic heterocycles. The third-order valence-corrected chi connectivity index (χ3v) is 3.78. The highest BCUT2D eigenvalue weighted by molar-refractivity contribution is 7.90. The van der Waals surface area contributed by atoms with E-state index >= 15 is 0 Å². The van der Waals surface area contributed by atoms with Gasteiger partial charge in [-0.25, -0.2) is 8.42 Å². The van der Waals surface area contributed by atoms with Gasteiger partial charge in [0.25, 0.3) is 0 Å². The fourth-order valence-corrected chi connectivity index (χ4v) is 2.48. The molecule has 1 saturated heterocycles. The Balaban J connectivity index is 2.40.